The van der Waals surface area contributed by atoms with Crippen molar-refractivity contribution in [2.75, 3.05) is 26.7 Å². The summed E-state index contributed by atoms with van der Waals surface area (Å²) in [5, 5.41) is 0. The molecule has 1 amide bonds. The summed E-state index contributed by atoms with van der Waals surface area (Å²) < 4.78 is 11.5. The number of carbonyl (C=O) groups excluding carboxylic acids is 1. The number of benzene rings is 2. The van der Waals surface area contributed by atoms with Crippen molar-refractivity contribution in [1.29, 1.82) is 0 Å². The third kappa shape index (κ3) is 5.44. The third-order valence-electron chi connectivity index (χ3n) is 7.13. The number of amides is 1. The van der Waals surface area contributed by atoms with Gasteiger partial charge in [0.05, 0.1) is 13.2 Å². The highest BCUT2D eigenvalue weighted by Crippen LogP contribution is 2.31. The lowest BCUT2D eigenvalue weighted by molar-refractivity contribution is -0.135. The fourth-order valence-electron chi connectivity index (χ4n) is 4.88. The second kappa shape index (κ2) is 10.4. The Hall–Kier alpha value is -2.53. The van der Waals surface area contributed by atoms with Crippen molar-refractivity contribution in [2.45, 2.75) is 58.2 Å². The van der Waals surface area contributed by atoms with Gasteiger partial charge in [-0.3, -0.25) is 4.79 Å². The highest BCUT2D eigenvalue weighted by Gasteiger charge is 2.31. The van der Waals surface area contributed by atoms with Gasteiger partial charge >= 0.3 is 0 Å². The van der Waals surface area contributed by atoms with Gasteiger partial charge in [0, 0.05) is 25.1 Å². The maximum Gasteiger partial charge on any atom is 0.224 e. The van der Waals surface area contributed by atoms with Gasteiger partial charge in [-0.25, -0.2) is 0 Å². The van der Waals surface area contributed by atoms with Crippen LogP contribution in [0.2, 0.25) is 0 Å². The van der Waals surface area contributed by atoms with Gasteiger partial charge in [0.1, 0.15) is 17.6 Å². The van der Waals surface area contributed by atoms with E-state index in [4.69, 9.17) is 9.47 Å². The molecule has 32 heavy (non-hydrogen) atoms. The largest absolute Gasteiger partial charge is 0.497 e. The summed E-state index contributed by atoms with van der Waals surface area (Å²) >= 11 is 0. The van der Waals surface area contributed by atoms with Crippen LogP contribution in [0.1, 0.15) is 44.2 Å². The lowest BCUT2D eigenvalue weighted by Crippen LogP contribution is -2.45. The average molecular weight is 437 g/mol. The Morgan fingerprint density at radius 1 is 1.09 bits per heavy atom. The Kier molecular flexibility index (Phi) is 7.36. The minimum absolute atomic E-state index is 0.0255. The summed E-state index contributed by atoms with van der Waals surface area (Å²) in [5.41, 5.74) is 2.44. The molecule has 2 aromatic rings. The number of likely N-dealkylation sites (tertiary alicyclic amines) is 1. The molecular formula is C27H36N2O3. The van der Waals surface area contributed by atoms with Gasteiger partial charge in [-0.1, -0.05) is 30.3 Å². The molecule has 0 N–H and O–H groups in total. The zero-order valence-electron chi connectivity index (χ0n) is 19.6. The molecule has 2 aliphatic rings. The van der Waals surface area contributed by atoms with Gasteiger partial charge in [-0.15, -0.1) is 0 Å². The molecule has 2 aliphatic heterocycles. The van der Waals surface area contributed by atoms with Crippen LogP contribution < -0.4 is 9.47 Å². The molecule has 0 bridgehead atoms. The molecule has 0 unspecified atom stereocenters. The normalized spacial score (nSPS) is 22.0. The fourth-order valence-corrected chi connectivity index (χ4v) is 4.88. The van der Waals surface area contributed by atoms with Gasteiger partial charge in [-0.05, 0) is 75.9 Å². The van der Waals surface area contributed by atoms with Gasteiger partial charge in [-0.2, -0.15) is 0 Å². The maximum atomic E-state index is 13.2. The molecule has 0 saturated carbocycles. The highest BCUT2D eigenvalue weighted by atomic mass is 16.5. The van der Waals surface area contributed by atoms with Gasteiger partial charge in [0.15, 0.2) is 0 Å². The molecule has 0 radical (unpaired) electrons. The second-order valence-corrected chi connectivity index (χ2v) is 9.28. The van der Waals surface area contributed by atoms with Crippen LogP contribution in [0, 0.1) is 5.92 Å². The lowest BCUT2D eigenvalue weighted by Gasteiger charge is -2.34. The summed E-state index contributed by atoms with van der Waals surface area (Å²) in [7, 11) is 1.66. The molecule has 5 nitrogen and oxygen atoms in total. The van der Waals surface area contributed by atoms with Crippen LogP contribution in [0.3, 0.4) is 0 Å². The number of piperidine rings is 1. The summed E-state index contributed by atoms with van der Waals surface area (Å²) in [4.78, 5) is 17.7. The zero-order valence-corrected chi connectivity index (χ0v) is 19.6. The maximum absolute atomic E-state index is 13.2. The van der Waals surface area contributed by atoms with Crippen molar-refractivity contribution in [3.05, 3.63) is 59.7 Å². The van der Waals surface area contributed by atoms with Crippen LogP contribution in [0.4, 0.5) is 0 Å². The van der Waals surface area contributed by atoms with E-state index in [-0.39, 0.29) is 18.1 Å². The number of fused-ring (bicyclic) bond motifs is 1. The molecule has 2 heterocycles. The third-order valence-corrected chi connectivity index (χ3v) is 7.13. The van der Waals surface area contributed by atoms with E-state index in [9.17, 15) is 4.79 Å². The summed E-state index contributed by atoms with van der Waals surface area (Å²) in [6.45, 7) is 7.69. The number of hydrogen-bond donors (Lipinski definition) is 0. The molecule has 2 aromatic carbocycles. The van der Waals surface area contributed by atoms with Crippen molar-refractivity contribution in [2.24, 2.45) is 5.92 Å². The number of nitrogens with zero attached hydrogens (tertiary/aromatic N) is 2. The second-order valence-electron chi connectivity index (χ2n) is 9.28. The van der Waals surface area contributed by atoms with Crippen LogP contribution in [0.5, 0.6) is 11.5 Å². The molecule has 172 valence electrons. The minimum Gasteiger partial charge on any atom is -0.497 e. The number of carbonyl (C=O) groups is 1. The molecule has 5 heteroatoms. The molecule has 2 atom stereocenters. The van der Waals surface area contributed by atoms with Crippen molar-refractivity contribution < 1.29 is 14.3 Å². The van der Waals surface area contributed by atoms with Crippen LogP contribution in [-0.2, 0) is 17.8 Å². The van der Waals surface area contributed by atoms with E-state index in [1.54, 1.807) is 7.11 Å². The molecule has 1 saturated heterocycles. The number of rotatable bonds is 6. The smallest absolute Gasteiger partial charge is 0.224 e. The van der Waals surface area contributed by atoms with Crippen LogP contribution in [0.15, 0.2) is 48.5 Å². The van der Waals surface area contributed by atoms with E-state index in [1.807, 2.05) is 30.0 Å². The number of methoxy groups -OCH3 is 1. The molecule has 4 rings (SSSR count). The zero-order chi connectivity index (χ0) is 22.5. The Morgan fingerprint density at radius 3 is 2.56 bits per heavy atom. The van der Waals surface area contributed by atoms with Crippen molar-refractivity contribution in [3.8, 4) is 11.5 Å². The van der Waals surface area contributed by atoms with Crippen molar-refractivity contribution >= 4 is 5.91 Å². The first-order valence-electron chi connectivity index (χ1n) is 11.9. The van der Waals surface area contributed by atoms with E-state index in [0.29, 0.717) is 13.0 Å². The fraction of sp³-hybridized carbons (Fsp3) is 0.519. The van der Waals surface area contributed by atoms with Crippen molar-refractivity contribution in [1.82, 2.24) is 9.80 Å². The van der Waals surface area contributed by atoms with E-state index in [0.717, 1.165) is 42.6 Å². The topological polar surface area (TPSA) is 42.0 Å². The van der Waals surface area contributed by atoms with Gasteiger partial charge < -0.3 is 19.3 Å². The van der Waals surface area contributed by atoms with Crippen LogP contribution in [-0.4, -0.2) is 54.6 Å². The number of hydrogen-bond acceptors (Lipinski definition) is 4. The van der Waals surface area contributed by atoms with E-state index < -0.39 is 0 Å². The summed E-state index contributed by atoms with van der Waals surface area (Å²) in [5.74, 6) is 2.59. The average Bonchev–Trinajstić information content (AvgIpc) is 2.94. The van der Waals surface area contributed by atoms with Crippen LogP contribution in [0.25, 0.3) is 0 Å². The van der Waals surface area contributed by atoms with Crippen molar-refractivity contribution in [3.63, 3.8) is 0 Å². The van der Waals surface area contributed by atoms with Gasteiger partial charge in [0.25, 0.3) is 0 Å². The van der Waals surface area contributed by atoms with E-state index in [2.05, 4.69) is 42.2 Å². The Labute approximate surface area is 192 Å². The predicted octanol–water partition coefficient (Wildman–Crippen LogP) is 4.54. The number of ether oxygens (including phenoxy) is 2. The van der Waals surface area contributed by atoms with E-state index in [1.165, 1.54) is 24.8 Å². The Morgan fingerprint density at radius 2 is 1.84 bits per heavy atom. The van der Waals surface area contributed by atoms with E-state index >= 15 is 0 Å². The molecule has 1 fully saturated rings. The molecule has 0 spiro atoms. The SMILES string of the molecule is COc1ccc2c(c1)CN(C(=O)CCN1CCC(Cc3ccccc3)CC1)[C@@H](C)[C@H](C)O2. The molecule has 0 aromatic heterocycles. The molecular weight excluding hydrogens is 400 g/mol. The lowest BCUT2D eigenvalue weighted by atomic mass is 9.90. The predicted molar refractivity (Wildman–Crippen MR) is 127 cm³/mol. The minimum atomic E-state index is -0.0534. The monoisotopic (exact) mass is 436 g/mol. The first-order valence-corrected chi connectivity index (χ1v) is 11.9. The first-order chi connectivity index (χ1) is 15.5. The van der Waals surface area contributed by atoms with Crippen LogP contribution >= 0.6 is 0 Å². The Balaban J connectivity index is 1.30. The molecule has 0 aliphatic carbocycles. The summed E-state index contributed by atoms with van der Waals surface area (Å²) in [6.07, 6.45) is 4.09. The van der Waals surface area contributed by atoms with Gasteiger partial charge in [0.2, 0.25) is 5.91 Å². The Bertz CT molecular complexity index is 893. The standard InChI is InChI=1S/C27H36N2O3/c1-20-21(2)32-26-10-9-25(31-3)18-24(26)19-29(20)27(30)13-16-28-14-11-23(12-15-28)17-22-7-5-4-6-8-22/h4-10,18,20-21,23H,11-17,19H2,1-3H3/t20-,21-/m0/s1. The summed E-state index contributed by atoms with van der Waals surface area (Å²) in [6, 6.07) is 16.7. The highest BCUT2D eigenvalue weighted by molar-refractivity contribution is 5.77. The first kappa shape index (κ1) is 22.7. The quantitative estimate of drug-likeness (QED) is 0.667.